The molecule has 0 radical (unpaired) electrons. The van der Waals surface area contributed by atoms with E-state index in [-0.39, 0.29) is 0 Å². The molecule has 1 heterocycles. The van der Waals surface area contributed by atoms with Gasteiger partial charge < -0.3 is 15.4 Å². The summed E-state index contributed by atoms with van der Waals surface area (Å²) in [6.45, 7) is 5.70. The monoisotopic (exact) mass is 158 g/mol. The Hall–Kier alpha value is -0.120. The number of likely N-dealkylation sites (tertiary alicyclic amines) is 1. The molecule has 1 rings (SSSR count). The molecule has 0 spiro atoms. The van der Waals surface area contributed by atoms with Gasteiger partial charge in [-0.3, -0.25) is 0 Å². The van der Waals surface area contributed by atoms with Gasteiger partial charge in [-0.15, -0.1) is 0 Å². The van der Waals surface area contributed by atoms with Crippen LogP contribution in [0.3, 0.4) is 0 Å². The summed E-state index contributed by atoms with van der Waals surface area (Å²) in [7, 11) is 2.11. The second-order valence-corrected chi connectivity index (χ2v) is 3.21. The molecule has 1 aliphatic rings. The van der Waals surface area contributed by atoms with Crippen molar-refractivity contribution in [3.8, 4) is 0 Å². The molecule has 0 aromatic rings. The van der Waals surface area contributed by atoms with Crippen LogP contribution < -0.4 is 5.73 Å². The molecule has 3 heteroatoms. The number of nitrogens with two attached hydrogens (primary N) is 1. The van der Waals surface area contributed by atoms with E-state index in [0.29, 0.717) is 12.0 Å². The van der Waals surface area contributed by atoms with E-state index in [0.717, 1.165) is 26.2 Å². The average Bonchev–Trinajstić information content (AvgIpc) is 2.32. The molecule has 11 heavy (non-hydrogen) atoms. The van der Waals surface area contributed by atoms with Gasteiger partial charge in [0.2, 0.25) is 0 Å². The lowest BCUT2D eigenvalue weighted by Gasteiger charge is -2.15. The Morgan fingerprint density at radius 2 is 2.27 bits per heavy atom. The van der Waals surface area contributed by atoms with Crippen LogP contribution in [0.15, 0.2) is 0 Å². The van der Waals surface area contributed by atoms with Gasteiger partial charge in [0.25, 0.3) is 0 Å². The highest BCUT2D eigenvalue weighted by molar-refractivity contribution is 4.83. The molecule has 2 atom stereocenters. The van der Waals surface area contributed by atoms with Crippen molar-refractivity contribution in [1.82, 2.24) is 4.90 Å². The van der Waals surface area contributed by atoms with E-state index >= 15 is 0 Å². The Morgan fingerprint density at radius 3 is 2.82 bits per heavy atom. The summed E-state index contributed by atoms with van der Waals surface area (Å²) in [6.07, 6.45) is 0.370. The average molecular weight is 158 g/mol. The van der Waals surface area contributed by atoms with E-state index in [1.165, 1.54) is 0 Å². The van der Waals surface area contributed by atoms with Gasteiger partial charge in [0.15, 0.2) is 0 Å². The Balaban J connectivity index is 2.37. The third-order valence-corrected chi connectivity index (χ3v) is 2.25. The Kier molecular flexibility index (Phi) is 3.30. The summed E-state index contributed by atoms with van der Waals surface area (Å²) < 4.78 is 5.56. The number of likely N-dealkylation sites (N-methyl/N-ethyl adjacent to an activating group) is 1. The van der Waals surface area contributed by atoms with Crippen molar-refractivity contribution in [3.05, 3.63) is 0 Å². The van der Waals surface area contributed by atoms with Crippen LogP contribution in [0.4, 0.5) is 0 Å². The van der Waals surface area contributed by atoms with Crippen molar-refractivity contribution in [2.45, 2.75) is 13.0 Å². The highest BCUT2D eigenvalue weighted by Gasteiger charge is 2.29. The molecule has 66 valence electrons. The van der Waals surface area contributed by atoms with Gasteiger partial charge in [-0.1, -0.05) is 0 Å². The Bertz CT molecular complexity index is 119. The second kappa shape index (κ2) is 4.04. The summed E-state index contributed by atoms with van der Waals surface area (Å²) in [4.78, 5) is 2.28. The smallest absolute Gasteiger partial charge is 0.0754 e. The van der Waals surface area contributed by atoms with Crippen molar-refractivity contribution in [2.75, 3.05) is 33.3 Å². The van der Waals surface area contributed by atoms with Crippen LogP contribution in [0.5, 0.6) is 0 Å². The molecule has 0 aromatic carbocycles. The Morgan fingerprint density at radius 1 is 1.55 bits per heavy atom. The van der Waals surface area contributed by atoms with Crippen LogP contribution in [0.1, 0.15) is 6.92 Å². The number of hydrogen-bond donors (Lipinski definition) is 1. The van der Waals surface area contributed by atoms with Gasteiger partial charge >= 0.3 is 0 Å². The molecule has 2 N–H and O–H groups in total. The molecule has 0 aromatic heterocycles. The van der Waals surface area contributed by atoms with Crippen molar-refractivity contribution in [1.29, 1.82) is 0 Å². The first kappa shape index (κ1) is 8.97. The van der Waals surface area contributed by atoms with Crippen molar-refractivity contribution < 1.29 is 4.74 Å². The zero-order valence-electron chi connectivity index (χ0n) is 7.42. The van der Waals surface area contributed by atoms with Gasteiger partial charge in [-0.25, -0.2) is 0 Å². The quantitative estimate of drug-likeness (QED) is 0.624. The number of nitrogens with zero attached hydrogens (tertiary/aromatic N) is 1. The SMILES string of the molecule is CCO[C@@H]1CN(C)C[C@H]1CN. The molecule has 0 aliphatic carbocycles. The van der Waals surface area contributed by atoms with Crippen LogP contribution in [0.2, 0.25) is 0 Å². The van der Waals surface area contributed by atoms with E-state index in [1.807, 2.05) is 6.92 Å². The van der Waals surface area contributed by atoms with Gasteiger partial charge in [-0.05, 0) is 20.5 Å². The van der Waals surface area contributed by atoms with Crippen LogP contribution in [-0.2, 0) is 4.74 Å². The highest BCUT2D eigenvalue weighted by atomic mass is 16.5. The van der Waals surface area contributed by atoms with Crippen LogP contribution in [0.25, 0.3) is 0 Å². The lowest BCUT2D eigenvalue weighted by Crippen LogP contribution is -2.28. The fourth-order valence-electron chi connectivity index (χ4n) is 1.68. The molecular formula is C8H18N2O. The predicted molar refractivity (Wildman–Crippen MR) is 45.5 cm³/mol. The fraction of sp³-hybridized carbons (Fsp3) is 1.00. The molecule has 3 nitrogen and oxygen atoms in total. The number of ether oxygens (including phenoxy) is 1. The fourth-order valence-corrected chi connectivity index (χ4v) is 1.68. The first-order valence-corrected chi connectivity index (χ1v) is 4.28. The van der Waals surface area contributed by atoms with E-state index < -0.39 is 0 Å². The van der Waals surface area contributed by atoms with Crippen LogP contribution in [0, 0.1) is 5.92 Å². The van der Waals surface area contributed by atoms with Gasteiger partial charge in [0, 0.05) is 25.6 Å². The molecule has 0 amide bonds. The molecule has 0 bridgehead atoms. The number of hydrogen-bond acceptors (Lipinski definition) is 3. The first-order chi connectivity index (χ1) is 5.27. The Labute approximate surface area is 68.5 Å². The van der Waals surface area contributed by atoms with E-state index in [4.69, 9.17) is 10.5 Å². The summed E-state index contributed by atoms with van der Waals surface area (Å²) in [6, 6.07) is 0. The normalized spacial score (nSPS) is 33.0. The standard InChI is InChI=1S/C8H18N2O/c1-3-11-8-6-10(2)5-7(8)4-9/h7-8H,3-6,9H2,1-2H3/t7-,8-/m1/s1. The number of rotatable bonds is 3. The summed E-state index contributed by atoms with van der Waals surface area (Å²) in [5.41, 5.74) is 5.61. The molecular weight excluding hydrogens is 140 g/mol. The molecule has 0 unspecified atom stereocenters. The maximum atomic E-state index is 5.61. The zero-order valence-corrected chi connectivity index (χ0v) is 7.42. The summed E-state index contributed by atoms with van der Waals surface area (Å²) in [5.74, 6) is 0.542. The second-order valence-electron chi connectivity index (χ2n) is 3.21. The predicted octanol–water partition coefficient (Wildman–Crippen LogP) is -0.0882. The van der Waals surface area contributed by atoms with E-state index in [9.17, 15) is 0 Å². The van der Waals surface area contributed by atoms with Crippen molar-refractivity contribution >= 4 is 0 Å². The highest BCUT2D eigenvalue weighted by Crippen LogP contribution is 2.16. The van der Waals surface area contributed by atoms with Crippen LogP contribution in [-0.4, -0.2) is 44.3 Å². The van der Waals surface area contributed by atoms with Crippen molar-refractivity contribution in [3.63, 3.8) is 0 Å². The largest absolute Gasteiger partial charge is 0.377 e. The van der Waals surface area contributed by atoms with E-state index in [1.54, 1.807) is 0 Å². The van der Waals surface area contributed by atoms with Gasteiger partial charge in [-0.2, -0.15) is 0 Å². The summed E-state index contributed by atoms with van der Waals surface area (Å²) in [5, 5.41) is 0. The molecule has 1 saturated heterocycles. The third kappa shape index (κ3) is 2.15. The molecule has 1 fully saturated rings. The first-order valence-electron chi connectivity index (χ1n) is 4.28. The molecule has 0 saturated carbocycles. The van der Waals surface area contributed by atoms with Crippen molar-refractivity contribution in [2.24, 2.45) is 11.7 Å². The lowest BCUT2D eigenvalue weighted by molar-refractivity contribution is 0.0459. The van der Waals surface area contributed by atoms with Gasteiger partial charge in [0.05, 0.1) is 6.10 Å². The summed E-state index contributed by atoms with van der Waals surface area (Å²) >= 11 is 0. The van der Waals surface area contributed by atoms with Crippen LogP contribution >= 0.6 is 0 Å². The minimum absolute atomic E-state index is 0.370. The third-order valence-electron chi connectivity index (χ3n) is 2.25. The maximum absolute atomic E-state index is 5.61. The molecule has 1 aliphatic heterocycles. The minimum Gasteiger partial charge on any atom is -0.377 e. The van der Waals surface area contributed by atoms with Gasteiger partial charge in [0.1, 0.15) is 0 Å². The zero-order chi connectivity index (χ0) is 8.27. The topological polar surface area (TPSA) is 38.5 Å². The maximum Gasteiger partial charge on any atom is 0.0754 e. The lowest BCUT2D eigenvalue weighted by atomic mass is 10.1. The minimum atomic E-state index is 0.370. The van der Waals surface area contributed by atoms with E-state index in [2.05, 4.69) is 11.9 Å².